The van der Waals surface area contributed by atoms with Crippen molar-refractivity contribution in [2.24, 2.45) is 0 Å². The molecule has 8 nitrogen and oxygen atoms in total. The summed E-state index contributed by atoms with van der Waals surface area (Å²) in [7, 11) is -4.12. The second kappa shape index (κ2) is 15.9. The average molecular weight is 648 g/mol. The third kappa shape index (κ3) is 10.1. The van der Waals surface area contributed by atoms with Crippen LogP contribution in [0.2, 0.25) is 5.02 Å². The van der Waals surface area contributed by atoms with Gasteiger partial charge in [-0.2, -0.15) is 12.6 Å². The van der Waals surface area contributed by atoms with Crippen molar-refractivity contribution in [3.63, 3.8) is 0 Å². The monoisotopic (exact) mass is 647 g/mol. The number of sulfonamides is 1. The van der Waals surface area contributed by atoms with Crippen molar-refractivity contribution in [3.05, 3.63) is 88.7 Å². The van der Waals surface area contributed by atoms with Crippen LogP contribution in [-0.4, -0.2) is 49.4 Å². The zero-order valence-corrected chi connectivity index (χ0v) is 26.4. The Hall–Kier alpha value is -3.41. The highest BCUT2D eigenvalue weighted by Crippen LogP contribution is 2.33. The molecular weight excluding hydrogens is 613 g/mol. The molecule has 0 aliphatic carbocycles. The molecular formula is C31H35ClFN3O5S2. The largest absolute Gasteiger partial charge is 0.355 e. The minimum Gasteiger partial charge on any atom is -0.355 e. The molecule has 0 aromatic heterocycles. The fraction of sp³-hybridized carbons (Fsp3) is 0.323. The van der Waals surface area contributed by atoms with Crippen molar-refractivity contribution >= 4 is 52.0 Å². The zero-order chi connectivity index (χ0) is 31.6. The van der Waals surface area contributed by atoms with E-state index in [1.54, 1.807) is 59.5 Å². The van der Waals surface area contributed by atoms with Crippen LogP contribution in [0.1, 0.15) is 44.2 Å². The van der Waals surface area contributed by atoms with Crippen molar-refractivity contribution in [2.75, 3.05) is 13.1 Å². The Balaban J connectivity index is 1.68. The van der Waals surface area contributed by atoms with Crippen molar-refractivity contribution in [1.29, 1.82) is 0 Å². The molecule has 0 saturated heterocycles. The molecule has 2 N–H and O–H groups in total. The van der Waals surface area contributed by atoms with Gasteiger partial charge in [-0.25, -0.2) is 17.5 Å². The van der Waals surface area contributed by atoms with Crippen LogP contribution in [0.4, 0.5) is 4.39 Å². The van der Waals surface area contributed by atoms with Crippen LogP contribution in [-0.2, 0) is 37.4 Å². The minimum absolute atomic E-state index is 0.0653. The Kier molecular flexibility index (Phi) is 12.6. The summed E-state index contributed by atoms with van der Waals surface area (Å²) < 4.78 is 41.3. The number of thiol groups is 1. The number of nitrogens with zero attached hydrogens (tertiary/aromatic N) is 1. The maximum atomic E-state index is 13.9. The molecule has 0 radical (unpaired) electrons. The number of nitrogens with one attached hydrogen (secondary N) is 2. The molecule has 0 spiro atoms. The first-order chi connectivity index (χ1) is 20.4. The summed E-state index contributed by atoms with van der Waals surface area (Å²) in [6.07, 6.45) is 1.37. The topological polar surface area (TPSA) is 113 Å². The standard InChI is InChI=1S/C31H35ClFN3O5S2/c1-3-8-31(39)36(16-15-30(38)34-19-24(42)18-23-9-4-6-11-28(23)33)20-22-13-14-25(27(32)17-22)26-10-5-7-12-29(26)43(40,41)35-21(2)37/h4-7,9-14,17,24,42H,3,8,15-16,18-20H2,1-2H3,(H,34,38)(H,35,37)/t24-/m1/s1. The predicted octanol–water partition coefficient (Wildman–Crippen LogP) is 5.15. The lowest BCUT2D eigenvalue weighted by Gasteiger charge is -2.23. The molecule has 12 heteroatoms. The molecule has 3 aromatic carbocycles. The number of rotatable bonds is 14. The number of carbonyl (C=O) groups is 3. The molecule has 0 fully saturated rings. The van der Waals surface area contributed by atoms with Crippen molar-refractivity contribution in [2.45, 2.75) is 56.2 Å². The lowest BCUT2D eigenvalue weighted by molar-refractivity contribution is -0.132. The van der Waals surface area contributed by atoms with Gasteiger partial charge >= 0.3 is 0 Å². The van der Waals surface area contributed by atoms with E-state index in [2.05, 4.69) is 17.9 Å². The molecule has 0 aliphatic heterocycles. The Labute approximate surface area is 262 Å². The number of amides is 3. The summed E-state index contributed by atoms with van der Waals surface area (Å²) in [5.41, 5.74) is 1.98. The normalized spacial score (nSPS) is 11.9. The van der Waals surface area contributed by atoms with E-state index in [-0.39, 0.29) is 58.9 Å². The smallest absolute Gasteiger partial charge is 0.264 e. The number of halogens is 2. The Bertz CT molecular complexity index is 1570. The highest BCUT2D eigenvalue weighted by atomic mass is 35.5. The lowest BCUT2D eigenvalue weighted by Crippen LogP contribution is -2.36. The highest BCUT2D eigenvalue weighted by Gasteiger charge is 2.22. The van der Waals surface area contributed by atoms with Crippen LogP contribution < -0.4 is 10.0 Å². The molecule has 0 aliphatic rings. The zero-order valence-electron chi connectivity index (χ0n) is 24.0. The van der Waals surface area contributed by atoms with E-state index in [1.807, 2.05) is 11.6 Å². The van der Waals surface area contributed by atoms with Gasteiger partial charge in [0.15, 0.2) is 0 Å². The molecule has 43 heavy (non-hydrogen) atoms. The minimum atomic E-state index is -4.12. The van der Waals surface area contributed by atoms with Gasteiger partial charge in [0.1, 0.15) is 5.82 Å². The predicted molar refractivity (Wildman–Crippen MR) is 169 cm³/mol. The van der Waals surface area contributed by atoms with Crippen LogP contribution >= 0.6 is 24.2 Å². The Morgan fingerprint density at radius 2 is 1.70 bits per heavy atom. The van der Waals surface area contributed by atoms with E-state index < -0.39 is 15.9 Å². The number of benzene rings is 3. The highest BCUT2D eigenvalue weighted by molar-refractivity contribution is 7.90. The van der Waals surface area contributed by atoms with Gasteiger partial charge in [0.05, 0.1) is 4.90 Å². The molecule has 0 bridgehead atoms. The molecule has 0 unspecified atom stereocenters. The maximum absolute atomic E-state index is 13.9. The van der Waals surface area contributed by atoms with Crippen LogP contribution in [0.15, 0.2) is 71.6 Å². The summed E-state index contributed by atoms with van der Waals surface area (Å²) in [5, 5.41) is 2.79. The van der Waals surface area contributed by atoms with Crippen LogP contribution in [0, 0.1) is 5.82 Å². The Morgan fingerprint density at radius 1 is 1.00 bits per heavy atom. The quantitative estimate of drug-likeness (QED) is 0.210. The molecule has 0 heterocycles. The van der Waals surface area contributed by atoms with Gasteiger partial charge in [0.25, 0.3) is 10.0 Å². The second-order valence-corrected chi connectivity index (χ2v) is 12.8. The van der Waals surface area contributed by atoms with E-state index in [0.717, 1.165) is 6.92 Å². The first-order valence-corrected chi connectivity index (χ1v) is 16.2. The van der Waals surface area contributed by atoms with Crippen molar-refractivity contribution in [3.8, 4) is 11.1 Å². The number of hydrogen-bond donors (Lipinski definition) is 3. The fourth-order valence-corrected chi connectivity index (χ4v) is 6.28. The van der Waals surface area contributed by atoms with Gasteiger partial charge in [-0.1, -0.05) is 67.1 Å². The summed E-state index contributed by atoms with van der Waals surface area (Å²) in [4.78, 5) is 38.4. The van der Waals surface area contributed by atoms with Crippen LogP contribution in [0.25, 0.3) is 11.1 Å². The molecule has 230 valence electrons. The van der Waals surface area contributed by atoms with E-state index >= 15 is 0 Å². The number of hydrogen-bond acceptors (Lipinski definition) is 6. The summed E-state index contributed by atoms with van der Waals surface area (Å²) in [5.74, 6) is -1.40. The molecule has 3 aromatic rings. The van der Waals surface area contributed by atoms with Gasteiger partial charge in [0.2, 0.25) is 17.7 Å². The van der Waals surface area contributed by atoms with Crippen LogP contribution in [0.3, 0.4) is 0 Å². The first-order valence-electron chi connectivity index (χ1n) is 13.8. The van der Waals surface area contributed by atoms with E-state index in [9.17, 15) is 27.2 Å². The average Bonchev–Trinajstić information content (AvgIpc) is 2.95. The number of carbonyl (C=O) groups excluding carboxylic acids is 3. The van der Waals surface area contributed by atoms with Gasteiger partial charge < -0.3 is 10.2 Å². The SMILES string of the molecule is CCCC(=O)N(CCC(=O)NC[C@H](S)Cc1ccccc1F)Cc1ccc(-c2ccccc2S(=O)(=O)NC(C)=O)c(Cl)c1. The van der Waals surface area contributed by atoms with Gasteiger partial charge in [-0.05, 0) is 42.2 Å². The lowest BCUT2D eigenvalue weighted by atomic mass is 10.0. The maximum Gasteiger partial charge on any atom is 0.264 e. The third-order valence-electron chi connectivity index (χ3n) is 6.53. The van der Waals surface area contributed by atoms with E-state index in [1.165, 1.54) is 12.1 Å². The van der Waals surface area contributed by atoms with Crippen LogP contribution in [0.5, 0.6) is 0 Å². The van der Waals surface area contributed by atoms with E-state index in [4.69, 9.17) is 11.6 Å². The third-order valence-corrected chi connectivity index (χ3v) is 8.69. The summed E-state index contributed by atoms with van der Waals surface area (Å²) in [6.45, 7) is 3.62. The fourth-order valence-electron chi connectivity index (χ4n) is 4.47. The van der Waals surface area contributed by atoms with E-state index in [0.29, 0.717) is 41.5 Å². The summed E-state index contributed by atoms with van der Waals surface area (Å²) >= 11 is 11.1. The summed E-state index contributed by atoms with van der Waals surface area (Å²) in [6, 6.07) is 17.7. The second-order valence-electron chi connectivity index (χ2n) is 10.0. The first kappa shape index (κ1) is 34.1. The van der Waals surface area contributed by atoms with Crippen molar-refractivity contribution < 1.29 is 27.2 Å². The molecule has 0 saturated carbocycles. The van der Waals surface area contributed by atoms with Crippen molar-refractivity contribution in [1.82, 2.24) is 14.9 Å². The van der Waals surface area contributed by atoms with Gasteiger partial charge in [0, 0.05) is 60.8 Å². The molecule has 3 rings (SSSR count). The van der Waals surface area contributed by atoms with Gasteiger partial charge in [-0.15, -0.1) is 0 Å². The molecule has 3 amide bonds. The Morgan fingerprint density at radius 3 is 2.37 bits per heavy atom. The molecule has 1 atom stereocenters. The van der Waals surface area contributed by atoms with Gasteiger partial charge in [-0.3, -0.25) is 14.4 Å².